The van der Waals surface area contributed by atoms with E-state index in [1.165, 1.54) is 25.7 Å². The molecule has 138 valence electrons. The molecular weight excluding hydrogens is 334 g/mol. The predicted molar refractivity (Wildman–Crippen MR) is 99.4 cm³/mol. The zero-order valence-electron chi connectivity index (χ0n) is 14.7. The number of aromatic nitrogens is 3. The van der Waals surface area contributed by atoms with Crippen molar-refractivity contribution in [2.24, 2.45) is 0 Å². The minimum absolute atomic E-state index is 0.278. The summed E-state index contributed by atoms with van der Waals surface area (Å²) in [7, 11) is 1.36. The number of nitrogens with two attached hydrogens (primary N) is 1. The molecule has 1 aliphatic heterocycles. The summed E-state index contributed by atoms with van der Waals surface area (Å²) in [6.45, 7) is 1.96. The first kappa shape index (κ1) is 17.9. The summed E-state index contributed by atoms with van der Waals surface area (Å²) in [6.07, 6.45) is 7.58. The molecule has 3 heterocycles. The van der Waals surface area contributed by atoms with Crippen LogP contribution in [-0.2, 0) is 4.74 Å². The van der Waals surface area contributed by atoms with E-state index in [0.717, 1.165) is 32.4 Å². The van der Waals surface area contributed by atoms with Crippen molar-refractivity contribution in [1.29, 1.82) is 0 Å². The summed E-state index contributed by atoms with van der Waals surface area (Å²) in [5, 5.41) is 9.90. The fourth-order valence-electron chi connectivity index (χ4n) is 2.83. The van der Waals surface area contributed by atoms with E-state index >= 15 is 0 Å². The van der Waals surface area contributed by atoms with Gasteiger partial charge in [0.2, 0.25) is 0 Å². The Balaban J connectivity index is 1.83. The van der Waals surface area contributed by atoms with Crippen molar-refractivity contribution < 1.29 is 9.53 Å². The van der Waals surface area contributed by atoms with Crippen molar-refractivity contribution in [2.75, 3.05) is 36.6 Å². The lowest BCUT2D eigenvalue weighted by Crippen LogP contribution is -2.23. The fourth-order valence-corrected chi connectivity index (χ4v) is 2.83. The Morgan fingerprint density at radius 2 is 2.04 bits per heavy atom. The summed E-state index contributed by atoms with van der Waals surface area (Å²) < 4.78 is 4.87. The maximum Gasteiger partial charge on any atom is 0.341 e. The number of carbonyl (C=O) groups is 1. The third-order valence-electron chi connectivity index (χ3n) is 4.17. The monoisotopic (exact) mass is 357 g/mol. The third kappa shape index (κ3) is 4.57. The predicted octanol–water partition coefficient (Wildman–Crippen LogP) is 1.54. The van der Waals surface area contributed by atoms with Crippen molar-refractivity contribution in [2.45, 2.75) is 25.3 Å². The van der Waals surface area contributed by atoms with Crippen LogP contribution >= 0.6 is 0 Å². The number of methoxy groups -OCH3 is 1. The Labute approximate surface area is 151 Å². The smallest absolute Gasteiger partial charge is 0.341 e. The molecule has 2 aromatic rings. The van der Waals surface area contributed by atoms with Gasteiger partial charge in [-0.2, -0.15) is 0 Å². The molecule has 1 fully saturated rings. The summed E-state index contributed by atoms with van der Waals surface area (Å²) >= 11 is 0. The van der Waals surface area contributed by atoms with Crippen LogP contribution in [0.15, 0.2) is 24.7 Å². The van der Waals surface area contributed by atoms with Crippen molar-refractivity contribution in [1.82, 2.24) is 20.3 Å². The number of esters is 1. The number of rotatable bonds is 5. The van der Waals surface area contributed by atoms with E-state index in [9.17, 15) is 4.79 Å². The molecule has 0 bridgehead atoms. The zero-order valence-corrected chi connectivity index (χ0v) is 14.7. The number of anilines is 4. The van der Waals surface area contributed by atoms with E-state index in [-0.39, 0.29) is 6.04 Å². The van der Waals surface area contributed by atoms with Crippen LogP contribution in [0, 0.1) is 0 Å². The second-order valence-electron chi connectivity index (χ2n) is 6.08. The van der Waals surface area contributed by atoms with E-state index in [2.05, 4.69) is 30.9 Å². The Bertz CT molecular complexity index is 743. The van der Waals surface area contributed by atoms with Gasteiger partial charge in [-0.3, -0.25) is 0 Å². The molecule has 0 amide bonds. The molecule has 0 aromatic carbocycles. The van der Waals surface area contributed by atoms with Gasteiger partial charge in [-0.15, -0.1) is 0 Å². The molecule has 0 aliphatic carbocycles. The van der Waals surface area contributed by atoms with Gasteiger partial charge in [-0.25, -0.2) is 19.7 Å². The standard InChI is InChI=1S/C17H23N7O2/c1-26-17(25)12-8-21-15(24-16-10-20-14(18)9-22-16)7-13(12)23-11-3-2-5-19-6-4-11/h7-11,19H,2-6H2,1H3,(H2,18,20)(H2,21,22,23,24). The van der Waals surface area contributed by atoms with Gasteiger partial charge in [-0.1, -0.05) is 0 Å². The molecular formula is C17H23N7O2. The van der Waals surface area contributed by atoms with Gasteiger partial charge in [0, 0.05) is 18.3 Å². The molecule has 3 rings (SSSR count). The highest BCUT2D eigenvalue weighted by Crippen LogP contribution is 2.24. The minimum Gasteiger partial charge on any atom is -0.465 e. The molecule has 9 nitrogen and oxygen atoms in total. The van der Waals surface area contributed by atoms with Gasteiger partial charge < -0.3 is 26.4 Å². The molecule has 9 heteroatoms. The Morgan fingerprint density at radius 3 is 2.81 bits per heavy atom. The molecule has 1 unspecified atom stereocenters. The summed E-state index contributed by atoms with van der Waals surface area (Å²) in [4.78, 5) is 24.5. The normalized spacial score (nSPS) is 17.2. The number of nitrogens with one attached hydrogen (secondary N) is 3. The average Bonchev–Trinajstić information content (AvgIpc) is 2.92. The summed E-state index contributed by atoms with van der Waals surface area (Å²) in [5.74, 6) is 0.979. The maximum atomic E-state index is 12.1. The molecule has 0 spiro atoms. The third-order valence-corrected chi connectivity index (χ3v) is 4.17. The molecule has 1 aliphatic rings. The highest BCUT2D eigenvalue weighted by Gasteiger charge is 2.18. The maximum absolute atomic E-state index is 12.1. The zero-order chi connectivity index (χ0) is 18.4. The lowest BCUT2D eigenvalue weighted by molar-refractivity contribution is 0.0601. The Morgan fingerprint density at radius 1 is 1.19 bits per heavy atom. The van der Waals surface area contributed by atoms with Crippen molar-refractivity contribution in [3.8, 4) is 0 Å². The largest absolute Gasteiger partial charge is 0.465 e. The van der Waals surface area contributed by atoms with Gasteiger partial charge in [0.15, 0.2) is 0 Å². The van der Waals surface area contributed by atoms with Crippen LogP contribution in [-0.4, -0.2) is 47.2 Å². The van der Waals surface area contributed by atoms with Crippen LogP contribution < -0.4 is 21.7 Å². The van der Waals surface area contributed by atoms with Crippen LogP contribution in [0.3, 0.4) is 0 Å². The molecule has 2 aromatic heterocycles. The van der Waals surface area contributed by atoms with Crippen LogP contribution in [0.25, 0.3) is 0 Å². The summed E-state index contributed by atoms with van der Waals surface area (Å²) in [5.41, 5.74) is 6.63. The fraction of sp³-hybridized carbons (Fsp3) is 0.412. The van der Waals surface area contributed by atoms with Crippen molar-refractivity contribution >= 4 is 29.1 Å². The number of nitrogens with zero attached hydrogens (tertiary/aromatic N) is 3. The Kier molecular flexibility index (Phi) is 5.80. The van der Waals surface area contributed by atoms with Gasteiger partial charge in [0.05, 0.1) is 25.2 Å². The average molecular weight is 357 g/mol. The second kappa shape index (κ2) is 8.43. The SMILES string of the molecule is COC(=O)c1cnc(Nc2cnc(N)cn2)cc1NC1CCCNCC1. The van der Waals surface area contributed by atoms with E-state index in [1.54, 1.807) is 6.07 Å². The lowest BCUT2D eigenvalue weighted by atomic mass is 10.1. The van der Waals surface area contributed by atoms with Gasteiger partial charge in [0.1, 0.15) is 23.0 Å². The van der Waals surface area contributed by atoms with E-state index in [1.807, 2.05) is 0 Å². The first-order chi connectivity index (χ1) is 12.7. The Hall–Kier alpha value is -2.94. The van der Waals surface area contributed by atoms with Crippen LogP contribution in [0.4, 0.5) is 23.1 Å². The van der Waals surface area contributed by atoms with Crippen LogP contribution in [0.2, 0.25) is 0 Å². The summed E-state index contributed by atoms with van der Waals surface area (Å²) in [6, 6.07) is 2.06. The van der Waals surface area contributed by atoms with Gasteiger partial charge in [0.25, 0.3) is 0 Å². The molecule has 1 saturated heterocycles. The topological polar surface area (TPSA) is 127 Å². The number of ether oxygens (including phenoxy) is 1. The number of hydrogen-bond acceptors (Lipinski definition) is 9. The molecule has 5 N–H and O–H groups in total. The lowest BCUT2D eigenvalue weighted by Gasteiger charge is -2.20. The first-order valence-corrected chi connectivity index (χ1v) is 8.56. The molecule has 0 saturated carbocycles. The number of hydrogen-bond donors (Lipinski definition) is 4. The second-order valence-corrected chi connectivity index (χ2v) is 6.08. The number of nitrogen functional groups attached to an aromatic ring is 1. The number of pyridine rings is 1. The van der Waals surface area contributed by atoms with Crippen LogP contribution in [0.1, 0.15) is 29.6 Å². The van der Waals surface area contributed by atoms with E-state index < -0.39 is 5.97 Å². The molecule has 26 heavy (non-hydrogen) atoms. The first-order valence-electron chi connectivity index (χ1n) is 8.56. The van der Waals surface area contributed by atoms with Gasteiger partial charge >= 0.3 is 5.97 Å². The van der Waals surface area contributed by atoms with Crippen molar-refractivity contribution in [3.63, 3.8) is 0 Å². The highest BCUT2D eigenvalue weighted by molar-refractivity contribution is 5.95. The number of carbonyl (C=O) groups excluding carboxylic acids is 1. The highest BCUT2D eigenvalue weighted by atomic mass is 16.5. The van der Waals surface area contributed by atoms with E-state index in [0.29, 0.717) is 28.7 Å². The molecule has 0 radical (unpaired) electrons. The quantitative estimate of drug-likeness (QED) is 0.589. The van der Waals surface area contributed by atoms with Crippen LogP contribution in [0.5, 0.6) is 0 Å². The van der Waals surface area contributed by atoms with E-state index in [4.69, 9.17) is 10.5 Å². The minimum atomic E-state index is -0.425. The van der Waals surface area contributed by atoms with Crippen molar-refractivity contribution in [3.05, 3.63) is 30.2 Å². The molecule has 1 atom stereocenters. The van der Waals surface area contributed by atoms with Gasteiger partial charge in [-0.05, 0) is 32.4 Å².